The third-order valence-electron chi connectivity index (χ3n) is 4.19. The number of nitrogens with one attached hydrogen (secondary N) is 1. The highest BCUT2D eigenvalue weighted by atomic mass is 35.5. The van der Waals surface area contributed by atoms with Crippen LogP contribution in [0.25, 0.3) is 0 Å². The molecule has 2 saturated heterocycles. The van der Waals surface area contributed by atoms with Crippen LogP contribution in [0.3, 0.4) is 0 Å². The number of carbonyl (C=O) groups excluding carboxylic acids is 1. The Morgan fingerprint density at radius 2 is 2.21 bits per heavy atom. The Morgan fingerprint density at radius 1 is 1.37 bits per heavy atom. The number of nitrogens with zero attached hydrogens (tertiary/aromatic N) is 1. The van der Waals surface area contributed by atoms with E-state index >= 15 is 0 Å². The van der Waals surface area contributed by atoms with Crippen LogP contribution in [0.5, 0.6) is 0 Å². The molecule has 0 saturated carbocycles. The van der Waals surface area contributed by atoms with Crippen molar-refractivity contribution >= 4 is 23.2 Å². The van der Waals surface area contributed by atoms with Crippen molar-refractivity contribution in [1.29, 1.82) is 0 Å². The van der Waals surface area contributed by atoms with E-state index in [9.17, 15) is 4.79 Å². The number of benzene rings is 1. The normalized spacial score (nSPS) is 26.4. The molecule has 3 N–H and O–H groups in total. The van der Waals surface area contributed by atoms with E-state index in [4.69, 9.17) is 17.3 Å². The monoisotopic (exact) mass is 279 g/mol. The van der Waals surface area contributed by atoms with Crippen molar-refractivity contribution in [3.05, 3.63) is 28.8 Å². The first-order valence-corrected chi connectivity index (χ1v) is 7.13. The molecule has 4 nitrogen and oxygen atoms in total. The molecule has 5 heteroatoms. The minimum Gasteiger partial charge on any atom is -0.381 e. The summed E-state index contributed by atoms with van der Waals surface area (Å²) >= 11 is 5.96. The molecular formula is C14H18ClN3O. The number of hydrogen-bond donors (Lipinski definition) is 2. The van der Waals surface area contributed by atoms with Crippen molar-refractivity contribution in [2.45, 2.75) is 31.3 Å². The van der Waals surface area contributed by atoms with Crippen molar-refractivity contribution in [3.8, 4) is 0 Å². The fourth-order valence-electron chi connectivity index (χ4n) is 3.27. The highest BCUT2D eigenvalue weighted by Crippen LogP contribution is 2.30. The number of amides is 1. The van der Waals surface area contributed by atoms with Gasteiger partial charge in [0, 0.05) is 24.3 Å². The molecule has 3 rings (SSSR count). The summed E-state index contributed by atoms with van der Waals surface area (Å²) in [5.41, 5.74) is 6.63. The van der Waals surface area contributed by atoms with Crippen LogP contribution in [0.2, 0.25) is 5.02 Å². The zero-order valence-corrected chi connectivity index (χ0v) is 11.5. The number of nitrogens with two attached hydrogens (primary N) is 1. The highest BCUT2D eigenvalue weighted by Gasteiger charge is 2.36. The Labute approximate surface area is 117 Å². The van der Waals surface area contributed by atoms with Crippen molar-refractivity contribution in [2.24, 2.45) is 5.73 Å². The topological polar surface area (TPSA) is 58.4 Å². The van der Waals surface area contributed by atoms with E-state index < -0.39 is 5.91 Å². The third kappa shape index (κ3) is 2.42. The Balaban J connectivity index is 1.76. The standard InChI is InChI=1S/C14H18ClN3O/c15-11-4-3-9(8-10(11)14(16)19)17-12-5-7-18-6-1-2-13(12)18/h3-4,8,12-13,17H,1-2,5-7H2,(H2,16,19). The van der Waals surface area contributed by atoms with Crippen LogP contribution < -0.4 is 11.1 Å². The molecule has 1 aromatic carbocycles. The molecule has 0 aromatic heterocycles. The zero-order chi connectivity index (χ0) is 13.4. The number of halogens is 1. The molecular weight excluding hydrogens is 262 g/mol. The van der Waals surface area contributed by atoms with Crippen molar-refractivity contribution in [3.63, 3.8) is 0 Å². The average Bonchev–Trinajstić information content (AvgIpc) is 2.96. The van der Waals surface area contributed by atoms with Gasteiger partial charge in [0.05, 0.1) is 10.6 Å². The van der Waals surface area contributed by atoms with Gasteiger partial charge < -0.3 is 11.1 Å². The predicted molar refractivity (Wildman–Crippen MR) is 76.6 cm³/mol. The van der Waals surface area contributed by atoms with Gasteiger partial charge in [-0.3, -0.25) is 9.69 Å². The SMILES string of the molecule is NC(=O)c1cc(NC2CCN3CCCC23)ccc1Cl. The van der Waals surface area contributed by atoms with Gasteiger partial charge in [-0.05, 0) is 44.0 Å². The third-order valence-corrected chi connectivity index (χ3v) is 4.52. The summed E-state index contributed by atoms with van der Waals surface area (Å²) in [4.78, 5) is 13.8. The molecule has 2 unspecified atom stereocenters. The summed E-state index contributed by atoms with van der Waals surface area (Å²) in [5.74, 6) is -0.484. The van der Waals surface area contributed by atoms with Crippen LogP contribution in [0.15, 0.2) is 18.2 Å². The van der Waals surface area contributed by atoms with Gasteiger partial charge in [0.15, 0.2) is 0 Å². The molecule has 0 spiro atoms. The number of rotatable bonds is 3. The van der Waals surface area contributed by atoms with E-state index in [0.29, 0.717) is 22.7 Å². The first kappa shape index (κ1) is 12.8. The Bertz CT molecular complexity index is 505. The van der Waals surface area contributed by atoms with Gasteiger partial charge in [-0.1, -0.05) is 11.6 Å². The lowest BCUT2D eigenvalue weighted by molar-refractivity contribution is 0.100. The quantitative estimate of drug-likeness (QED) is 0.891. The molecule has 0 bridgehead atoms. The molecule has 2 aliphatic heterocycles. The van der Waals surface area contributed by atoms with Crippen molar-refractivity contribution in [1.82, 2.24) is 4.90 Å². The van der Waals surface area contributed by atoms with Crippen LogP contribution in [0, 0.1) is 0 Å². The molecule has 2 heterocycles. The number of fused-ring (bicyclic) bond motifs is 1. The smallest absolute Gasteiger partial charge is 0.250 e. The largest absolute Gasteiger partial charge is 0.381 e. The van der Waals surface area contributed by atoms with Crippen LogP contribution in [0.1, 0.15) is 29.6 Å². The number of carbonyl (C=O) groups is 1. The molecule has 2 atom stereocenters. The van der Waals surface area contributed by atoms with Gasteiger partial charge in [0.1, 0.15) is 0 Å². The van der Waals surface area contributed by atoms with Gasteiger partial charge in [0.25, 0.3) is 0 Å². The van der Waals surface area contributed by atoms with Crippen LogP contribution in [-0.4, -0.2) is 36.0 Å². The Morgan fingerprint density at radius 3 is 3.00 bits per heavy atom. The van der Waals surface area contributed by atoms with Crippen LogP contribution >= 0.6 is 11.6 Å². The van der Waals surface area contributed by atoms with Gasteiger partial charge in [-0.2, -0.15) is 0 Å². The maximum absolute atomic E-state index is 11.3. The molecule has 102 valence electrons. The first-order chi connectivity index (χ1) is 9.15. The molecule has 2 fully saturated rings. The number of anilines is 1. The lowest BCUT2D eigenvalue weighted by atomic mass is 10.1. The first-order valence-electron chi connectivity index (χ1n) is 6.75. The van der Waals surface area contributed by atoms with Gasteiger partial charge in [-0.25, -0.2) is 0 Å². The maximum Gasteiger partial charge on any atom is 0.250 e. The summed E-state index contributed by atoms with van der Waals surface area (Å²) in [6.45, 7) is 2.38. The van der Waals surface area contributed by atoms with Crippen LogP contribution in [0.4, 0.5) is 5.69 Å². The van der Waals surface area contributed by atoms with E-state index in [2.05, 4.69) is 10.2 Å². The highest BCUT2D eigenvalue weighted by molar-refractivity contribution is 6.33. The fourth-order valence-corrected chi connectivity index (χ4v) is 3.48. The van der Waals surface area contributed by atoms with Crippen molar-refractivity contribution < 1.29 is 4.79 Å². The summed E-state index contributed by atoms with van der Waals surface area (Å²) < 4.78 is 0. The second kappa shape index (κ2) is 5.02. The second-order valence-corrected chi connectivity index (χ2v) is 5.75. The molecule has 0 aliphatic carbocycles. The van der Waals surface area contributed by atoms with E-state index in [1.807, 2.05) is 6.07 Å². The summed E-state index contributed by atoms with van der Waals surface area (Å²) in [5, 5.41) is 3.94. The minimum atomic E-state index is -0.484. The number of primary amides is 1. The fraction of sp³-hybridized carbons (Fsp3) is 0.500. The molecule has 2 aliphatic rings. The maximum atomic E-state index is 11.3. The van der Waals surface area contributed by atoms with E-state index in [0.717, 1.165) is 12.1 Å². The molecule has 0 radical (unpaired) electrons. The molecule has 1 aromatic rings. The van der Waals surface area contributed by atoms with E-state index in [1.54, 1.807) is 12.1 Å². The van der Waals surface area contributed by atoms with Crippen LogP contribution in [-0.2, 0) is 0 Å². The summed E-state index contributed by atoms with van der Waals surface area (Å²) in [7, 11) is 0. The van der Waals surface area contributed by atoms with E-state index in [1.165, 1.54) is 25.9 Å². The minimum absolute atomic E-state index is 0.382. The Hall–Kier alpha value is -1.26. The lowest BCUT2D eigenvalue weighted by Gasteiger charge is -2.22. The van der Waals surface area contributed by atoms with Gasteiger partial charge in [-0.15, -0.1) is 0 Å². The predicted octanol–water partition coefficient (Wildman–Crippen LogP) is 2.09. The molecule has 19 heavy (non-hydrogen) atoms. The van der Waals surface area contributed by atoms with Crippen molar-refractivity contribution in [2.75, 3.05) is 18.4 Å². The average molecular weight is 280 g/mol. The summed E-state index contributed by atoms with van der Waals surface area (Å²) in [6.07, 6.45) is 3.70. The van der Waals surface area contributed by atoms with Gasteiger partial charge >= 0.3 is 0 Å². The van der Waals surface area contributed by atoms with Gasteiger partial charge in [0.2, 0.25) is 5.91 Å². The summed E-state index contributed by atoms with van der Waals surface area (Å²) in [6, 6.07) is 6.48. The van der Waals surface area contributed by atoms with E-state index in [-0.39, 0.29) is 0 Å². The Kier molecular flexibility index (Phi) is 3.37. The lowest BCUT2D eigenvalue weighted by Crippen LogP contribution is -2.33. The molecule has 1 amide bonds. The zero-order valence-electron chi connectivity index (χ0n) is 10.7. The second-order valence-electron chi connectivity index (χ2n) is 5.34. The number of hydrogen-bond acceptors (Lipinski definition) is 3.